The Morgan fingerprint density at radius 1 is 1.27 bits per heavy atom. The van der Waals surface area contributed by atoms with Crippen LogP contribution >= 0.6 is 0 Å². The highest BCUT2D eigenvalue weighted by molar-refractivity contribution is 6.02. The maximum Gasteiger partial charge on any atom is 0.290 e. The maximum absolute atomic E-state index is 12.9. The lowest BCUT2D eigenvalue weighted by atomic mass is 9.80. The van der Waals surface area contributed by atoms with E-state index >= 15 is 0 Å². The molecule has 0 spiro atoms. The number of pyridine rings is 1. The molecular formula is C23H28N2O5. The molecule has 1 aromatic heterocycles. The van der Waals surface area contributed by atoms with Gasteiger partial charge in [-0.1, -0.05) is 12.1 Å². The van der Waals surface area contributed by atoms with Crippen LogP contribution in [0.4, 0.5) is 5.69 Å². The van der Waals surface area contributed by atoms with E-state index in [1.54, 1.807) is 31.6 Å². The van der Waals surface area contributed by atoms with Gasteiger partial charge in [0.2, 0.25) is 6.29 Å². The SMILES string of the molecule is CCO[C@H]1OC(C(=O)Nc2cccnc2)=C[C@@H](c2ccc(OC)cc2)[C@H]1CCCO. The molecule has 0 aliphatic carbocycles. The van der Waals surface area contributed by atoms with Gasteiger partial charge in [-0.3, -0.25) is 9.78 Å². The van der Waals surface area contributed by atoms with Gasteiger partial charge in [0, 0.05) is 31.2 Å². The number of ether oxygens (including phenoxy) is 3. The van der Waals surface area contributed by atoms with E-state index in [9.17, 15) is 9.90 Å². The van der Waals surface area contributed by atoms with Crippen LogP contribution in [0.3, 0.4) is 0 Å². The summed E-state index contributed by atoms with van der Waals surface area (Å²) in [5.41, 5.74) is 1.61. The van der Waals surface area contributed by atoms with Crippen molar-refractivity contribution in [3.05, 3.63) is 66.2 Å². The topological polar surface area (TPSA) is 89.9 Å². The van der Waals surface area contributed by atoms with Gasteiger partial charge in [-0.05, 0) is 55.7 Å². The molecule has 160 valence electrons. The first-order chi connectivity index (χ1) is 14.7. The number of nitrogens with one attached hydrogen (secondary N) is 1. The molecule has 7 nitrogen and oxygen atoms in total. The van der Waals surface area contributed by atoms with Crippen LogP contribution in [-0.4, -0.2) is 42.6 Å². The number of carbonyl (C=O) groups excluding carboxylic acids is 1. The lowest BCUT2D eigenvalue weighted by Gasteiger charge is -2.37. The first-order valence-corrected chi connectivity index (χ1v) is 10.1. The smallest absolute Gasteiger partial charge is 0.290 e. The highest BCUT2D eigenvalue weighted by Crippen LogP contribution is 2.40. The Hall–Kier alpha value is -2.90. The summed E-state index contributed by atoms with van der Waals surface area (Å²) in [5.74, 6) is 0.464. The summed E-state index contributed by atoms with van der Waals surface area (Å²) in [5, 5.41) is 12.2. The second kappa shape index (κ2) is 10.8. The van der Waals surface area contributed by atoms with Crippen molar-refractivity contribution in [3.8, 4) is 5.75 Å². The predicted molar refractivity (Wildman–Crippen MR) is 113 cm³/mol. The minimum absolute atomic E-state index is 0.0413. The summed E-state index contributed by atoms with van der Waals surface area (Å²) in [6.45, 7) is 2.43. The molecule has 1 amide bonds. The van der Waals surface area contributed by atoms with Gasteiger partial charge in [0.1, 0.15) is 5.75 Å². The van der Waals surface area contributed by atoms with Crippen molar-refractivity contribution in [2.75, 3.05) is 25.6 Å². The monoisotopic (exact) mass is 412 g/mol. The van der Waals surface area contributed by atoms with Crippen molar-refractivity contribution < 1.29 is 24.1 Å². The van der Waals surface area contributed by atoms with Crippen LogP contribution in [0.1, 0.15) is 31.2 Å². The van der Waals surface area contributed by atoms with Crippen molar-refractivity contribution in [1.29, 1.82) is 0 Å². The second-order valence-corrected chi connectivity index (χ2v) is 7.00. The van der Waals surface area contributed by atoms with Crippen molar-refractivity contribution in [1.82, 2.24) is 4.98 Å². The molecule has 1 aromatic carbocycles. The molecule has 3 rings (SSSR count). The summed E-state index contributed by atoms with van der Waals surface area (Å²) in [6, 6.07) is 11.3. The summed E-state index contributed by atoms with van der Waals surface area (Å²) in [6.07, 6.45) is 5.79. The van der Waals surface area contributed by atoms with E-state index in [0.717, 1.165) is 11.3 Å². The molecule has 1 aliphatic rings. The second-order valence-electron chi connectivity index (χ2n) is 7.00. The lowest BCUT2D eigenvalue weighted by Crippen LogP contribution is -2.37. The van der Waals surface area contributed by atoms with Gasteiger partial charge in [-0.25, -0.2) is 0 Å². The van der Waals surface area contributed by atoms with Crippen molar-refractivity contribution >= 4 is 11.6 Å². The number of methoxy groups -OCH3 is 1. The number of aromatic nitrogens is 1. The molecule has 2 N–H and O–H groups in total. The molecule has 0 unspecified atom stereocenters. The summed E-state index contributed by atoms with van der Waals surface area (Å²) < 4.78 is 17.1. The Kier molecular flexibility index (Phi) is 7.82. The molecule has 2 heterocycles. The Morgan fingerprint density at radius 3 is 2.70 bits per heavy atom. The van der Waals surface area contributed by atoms with Gasteiger partial charge < -0.3 is 24.6 Å². The number of hydrogen-bond donors (Lipinski definition) is 2. The van der Waals surface area contributed by atoms with E-state index in [-0.39, 0.29) is 30.1 Å². The molecular weight excluding hydrogens is 384 g/mol. The Morgan fingerprint density at radius 2 is 2.07 bits per heavy atom. The van der Waals surface area contributed by atoms with Crippen molar-refractivity contribution in [2.45, 2.75) is 32.0 Å². The fraction of sp³-hybridized carbons (Fsp3) is 0.391. The van der Waals surface area contributed by atoms with Gasteiger partial charge >= 0.3 is 0 Å². The first kappa shape index (κ1) is 21.8. The Bertz CT molecular complexity index is 838. The number of amides is 1. The third-order valence-corrected chi connectivity index (χ3v) is 5.06. The van der Waals surface area contributed by atoms with Gasteiger partial charge in [-0.2, -0.15) is 0 Å². The quantitative estimate of drug-likeness (QED) is 0.655. The number of carbonyl (C=O) groups is 1. The first-order valence-electron chi connectivity index (χ1n) is 10.1. The van der Waals surface area contributed by atoms with E-state index in [0.29, 0.717) is 25.1 Å². The molecule has 0 radical (unpaired) electrons. The third-order valence-electron chi connectivity index (χ3n) is 5.06. The lowest BCUT2D eigenvalue weighted by molar-refractivity contribution is -0.165. The fourth-order valence-corrected chi connectivity index (χ4v) is 3.60. The molecule has 30 heavy (non-hydrogen) atoms. The van der Waals surface area contributed by atoms with Crippen LogP contribution in [0.2, 0.25) is 0 Å². The van der Waals surface area contributed by atoms with E-state index < -0.39 is 6.29 Å². The number of aliphatic hydroxyl groups is 1. The summed E-state index contributed by atoms with van der Waals surface area (Å²) in [4.78, 5) is 16.9. The zero-order valence-electron chi connectivity index (χ0n) is 17.3. The molecule has 3 atom stereocenters. The number of hydrogen-bond acceptors (Lipinski definition) is 6. The predicted octanol–water partition coefficient (Wildman–Crippen LogP) is 3.48. The molecule has 2 aromatic rings. The Labute approximate surface area is 176 Å². The molecule has 0 saturated carbocycles. The van der Waals surface area contributed by atoms with Gasteiger partial charge in [0.25, 0.3) is 5.91 Å². The van der Waals surface area contributed by atoms with Crippen LogP contribution in [0.25, 0.3) is 0 Å². The van der Waals surface area contributed by atoms with Crippen LogP contribution in [0.5, 0.6) is 5.75 Å². The summed E-state index contributed by atoms with van der Waals surface area (Å²) >= 11 is 0. The largest absolute Gasteiger partial charge is 0.497 e. The highest BCUT2D eigenvalue weighted by atomic mass is 16.7. The van der Waals surface area contributed by atoms with Gasteiger partial charge in [-0.15, -0.1) is 0 Å². The summed E-state index contributed by atoms with van der Waals surface area (Å²) in [7, 11) is 1.62. The zero-order valence-corrected chi connectivity index (χ0v) is 17.3. The van der Waals surface area contributed by atoms with Gasteiger partial charge in [0.05, 0.1) is 19.0 Å². The van der Waals surface area contributed by atoms with E-state index in [4.69, 9.17) is 14.2 Å². The fourth-order valence-electron chi connectivity index (χ4n) is 3.60. The highest BCUT2D eigenvalue weighted by Gasteiger charge is 2.37. The van der Waals surface area contributed by atoms with Crippen molar-refractivity contribution in [3.63, 3.8) is 0 Å². The molecule has 7 heteroatoms. The van der Waals surface area contributed by atoms with Crippen molar-refractivity contribution in [2.24, 2.45) is 5.92 Å². The minimum atomic E-state index is -0.590. The molecule has 1 aliphatic heterocycles. The van der Waals surface area contributed by atoms with E-state index in [1.807, 2.05) is 37.3 Å². The third kappa shape index (κ3) is 5.37. The van der Waals surface area contributed by atoms with E-state index in [1.165, 1.54) is 0 Å². The number of benzene rings is 1. The number of allylic oxidation sites excluding steroid dienone is 1. The van der Waals surface area contributed by atoms with Gasteiger partial charge in [0.15, 0.2) is 5.76 Å². The number of nitrogens with zero attached hydrogens (tertiary/aromatic N) is 1. The Balaban J connectivity index is 1.92. The van der Waals surface area contributed by atoms with Crippen LogP contribution in [0.15, 0.2) is 60.6 Å². The zero-order chi connectivity index (χ0) is 21.3. The molecule has 0 saturated heterocycles. The van der Waals surface area contributed by atoms with Crippen LogP contribution in [0, 0.1) is 5.92 Å². The van der Waals surface area contributed by atoms with Crippen LogP contribution in [-0.2, 0) is 14.3 Å². The average Bonchev–Trinajstić information content (AvgIpc) is 2.78. The standard InChI is InChI=1S/C23H28N2O5/c1-3-29-23-19(7-5-13-26)20(16-8-10-18(28-2)11-9-16)14-21(30-23)22(27)25-17-6-4-12-24-15-17/h4,6,8-12,14-15,19-20,23,26H,3,5,7,13H2,1-2H3,(H,25,27)/t19-,20+,23+/m1/s1. The minimum Gasteiger partial charge on any atom is -0.497 e. The number of aliphatic hydroxyl groups excluding tert-OH is 1. The average molecular weight is 412 g/mol. The number of anilines is 1. The normalized spacial score (nSPS) is 20.8. The van der Waals surface area contributed by atoms with E-state index in [2.05, 4.69) is 10.3 Å². The van der Waals surface area contributed by atoms with Crippen LogP contribution < -0.4 is 10.1 Å². The molecule has 0 fully saturated rings. The number of rotatable bonds is 9. The molecule has 0 bridgehead atoms. The maximum atomic E-state index is 12.9.